The Morgan fingerprint density at radius 3 is 2.74 bits per heavy atom. The highest BCUT2D eigenvalue weighted by Crippen LogP contribution is 2.24. The van der Waals surface area contributed by atoms with Crippen molar-refractivity contribution in [2.24, 2.45) is 0 Å². The second-order valence-electron chi connectivity index (χ2n) is 4.48. The summed E-state index contributed by atoms with van der Waals surface area (Å²) in [5.74, 6) is 0.0564. The van der Waals surface area contributed by atoms with E-state index in [4.69, 9.17) is 16.7 Å². The van der Waals surface area contributed by atoms with Gasteiger partial charge in [0.25, 0.3) is 0 Å². The van der Waals surface area contributed by atoms with Crippen LogP contribution in [-0.4, -0.2) is 20.6 Å². The first-order valence-corrected chi connectivity index (χ1v) is 6.38. The molecule has 0 saturated heterocycles. The molecule has 0 fully saturated rings. The number of aliphatic carboxylic acids is 1. The minimum atomic E-state index is -0.800. The van der Waals surface area contributed by atoms with Crippen molar-refractivity contribution in [1.29, 1.82) is 0 Å². The predicted molar refractivity (Wildman–Crippen MR) is 74.0 cm³/mol. The largest absolute Gasteiger partial charge is 0.481 e. The summed E-state index contributed by atoms with van der Waals surface area (Å²) in [5, 5.41) is 9.35. The first-order chi connectivity index (χ1) is 8.97. The normalized spacial score (nSPS) is 10.7. The van der Waals surface area contributed by atoms with E-state index in [1.54, 1.807) is 6.07 Å². The maximum absolute atomic E-state index is 10.6. The minimum absolute atomic E-state index is 0.114. The molecule has 0 aliphatic rings. The van der Waals surface area contributed by atoms with Crippen molar-refractivity contribution in [3.63, 3.8) is 0 Å². The van der Waals surface area contributed by atoms with E-state index in [1.165, 1.54) is 0 Å². The number of hydrogen-bond acceptors (Lipinski definition) is 2. The zero-order valence-corrected chi connectivity index (χ0v) is 11.6. The van der Waals surface area contributed by atoms with Crippen LogP contribution in [-0.2, 0) is 11.2 Å². The molecule has 0 amide bonds. The smallest absolute Gasteiger partial charge is 0.303 e. The van der Waals surface area contributed by atoms with Gasteiger partial charge >= 0.3 is 5.97 Å². The average molecular weight is 279 g/mol. The Labute approximate surface area is 116 Å². The molecule has 1 N–H and O–H groups in total. The Morgan fingerprint density at radius 1 is 1.42 bits per heavy atom. The third kappa shape index (κ3) is 3.15. The van der Waals surface area contributed by atoms with E-state index < -0.39 is 5.97 Å². The van der Waals surface area contributed by atoms with Crippen molar-refractivity contribution in [2.45, 2.75) is 26.7 Å². The number of benzene rings is 1. The SMILES string of the molecule is Cc1cn(-c2cc(CCC(=O)O)ccc2Cl)c(C)n1. The van der Waals surface area contributed by atoms with E-state index in [9.17, 15) is 4.79 Å². The number of carboxylic acid groups (broad SMARTS) is 1. The van der Waals surface area contributed by atoms with E-state index in [-0.39, 0.29) is 6.42 Å². The molecule has 1 heterocycles. The monoisotopic (exact) mass is 278 g/mol. The lowest BCUT2D eigenvalue weighted by Crippen LogP contribution is -2.00. The lowest BCUT2D eigenvalue weighted by atomic mass is 10.1. The molecule has 0 bridgehead atoms. The van der Waals surface area contributed by atoms with Gasteiger partial charge in [-0.25, -0.2) is 4.98 Å². The van der Waals surface area contributed by atoms with Gasteiger partial charge in [0.05, 0.1) is 16.4 Å². The molecule has 0 atom stereocenters. The van der Waals surface area contributed by atoms with Gasteiger partial charge in [0.1, 0.15) is 5.82 Å². The molecule has 0 unspecified atom stereocenters. The Morgan fingerprint density at radius 2 is 2.16 bits per heavy atom. The molecule has 1 aromatic heterocycles. The standard InChI is InChI=1S/C14H15ClN2O2/c1-9-8-17(10(2)16-9)13-7-11(3-5-12(13)15)4-6-14(18)19/h3,5,7-8H,4,6H2,1-2H3,(H,18,19). The van der Waals surface area contributed by atoms with Crippen molar-refractivity contribution in [3.05, 3.63) is 46.5 Å². The molecule has 4 nitrogen and oxygen atoms in total. The summed E-state index contributed by atoms with van der Waals surface area (Å²) in [4.78, 5) is 15.0. The number of carboxylic acids is 1. The third-order valence-corrected chi connectivity index (χ3v) is 3.22. The molecule has 2 rings (SSSR count). The van der Waals surface area contributed by atoms with Crippen LogP contribution in [0, 0.1) is 13.8 Å². The zero-order valence-electron chi connectivity index (χ0n) is 10.9. The first kappa shape index (κ1) is 13.6. The maximum atomic E-state index is 10.6. The number of nitrogens with zero attached hydrogens (tertiary/aromatic N) is 2. The van der Waals surface area contributed by atoms with Crippen LogP contribution < -0.4 is 0 Å². The summed E-state index contributed by atoms with van der Waals surface area (Å²) in [5.41, 5.74) is 2.71. The fraction of sp³-hybridized carbons (Fsp3) is 0.286. The molecular formula is C14H15ClN2O2. The highest BCUT2D eigenvalue weighted by atomic mass is 35.5. The van der Waals surface area contributed by atoms with Gasteiger partial charge in [0.15, 0.2) is 0 Å². The summed E-state index contributed by atoms with van der Waals surface area (Å²) in [7, 11) is 0. The molecule has 100 valence electrons. The topological polar surface area (TPSA) is 55.1 Å². The van der Waals surface area contributed by atoms with Gasteiger partial charge in [-0.15, -0.1) is 0 Å². The molecule has 0 saturated carbocycles. The molecule has 0 spiro atoms. The van der Waals surface area contributed by atoms with Crippen molar-refractivity contribution in [3.8, 4) is 5.69 Å². The van der Waals surface area contributed by atoms with Crippen LogP contribution in [0.25, 0.3) is 5.69 Å². The van der Waals surface area contributed by atoms with Gasteiger partial charge in [-0.3, -0.25) is 4.79 Å². The van der Waals surface area contributed by atoms with Gasteiger partial charge in [-0.05, 0) is 38.0 Å². The van der Waals surface area contributed by atoms with Crippen molar-refractivity contribution in [2.75, 3.05) is 0 Å². The fourth-order valence-electron chi connectivity index (χ4n) is 2.01. The summed E-state index contributed by atoms with van der Waals surface area (Å²) in [6, 6.07) is 5.57. The fourth-order valence-corrected chi connectivity index (χ4v) is 2.22. The minimum Gasteiger partial charge on any atom is -0.481 e. The summed E-state index contributed by atoms with van der Waals surface area (Å²) in [6.07, 6.45) is 2.52. The lowest BCUT2D eigenvalue weighted by Gasteiger charge is -2.09. The van der Waals surface area contributed by atoms with Gasteiger partial charge in [-0.1, -0.05) is 17.7 Å². The Bertz CT molecular complexity index is 620. The van der Waals surface area contributed by atoms with Crippen LogP contribution in [0.2, 0.25) is 5.02 Å². The van der Waals surface area contributed by atoms with Gasteiger partial charge in [0, 0.05) is 12.6 Å². The number of carbonyl (C=O) groups is 1. The predicted octanol–water partition coefficient (Wildman–Crippen LogP) is 3.16. The summed E-state index contributed by atoms with van der Waals surface area (Å²) >= 11 is 6.21. The zero-order chi connectivity index (χ0) is 14.0. The summed E-state index contributed by atoms with van der Waals surface area (Å²) < 4.78 is 1.92. The van der Waals surface area contributed by atoms with Crippen molar-refractivity contribution in [1.82, 2.24) is 9.55 Å². The molecule has 1 aromatic carbocycles. The number of halogens is 1. The van der Waals surface area contributed by atoms with E-state index in [2.05, 4.69) is 4.98 Å². The van der Waals surface area contributed by atoms with Crippen molar-refractivity contribution < 1.29 is 9.90 Å². The van der Waals surface area contributed by atoms with E-state index in [0.717, 1.165) is 22.8 Å². The van der Waals surface area contributed by atoms with Crippen LogP contribution in [0.3, 0.4) is 0 Å². The Kier molecular flexibility index (Phi) is 3.90. The van der Waals surface area contributed by atoms with Gasteiger partial charge in [-0.2, -0.15) is 0 Å². The molecule has 5 heteroatoms. The van der Waals surface area contributed by atoms with Crippen LogP contribution >= 0.6 is 11.6 Å². The molecular weight excluding hydrogens is 264 g/mol. The second-order valence-corrected chi connectivity index (χ2v) is 4.89. The quantitative estimate of drug-likeness (QED) is 0.935. The first-order valence-electron chi connectivity index (χ1n) is 6.00. The number of imidazole rings is 1. The molecule has 0 radical (unpaired) electrons. The maximum Gasteiger partial charge on any atom is 0.303 e. The van der Waals surface area contributed by atoms with Crippen LogP contribution in [0.5, 0.6) is 0 Å². The van der Waals surface area contributed by atoms with Crippen LogP contribution in [0.15, 0.2) is 24.4 Å². The number of rotatable bonds is 4. The Balaban J connectivity index is 2.37. The van der Waals surface area contributed by atoms with Gasteiger partial charge < -0.3 is 9.67 Å². The highest BCUT2D eigenvalue weighted by Gasteiger charge is 2.09. The average Bonchev–Trinajstić information content (AvgIpc) is 2.67. The number of aromatic nitrogens is 2. The van der Waals surface area contributed by atoms with Crippen LogP contribution in [0.1, 0.15) is 23.5 Å². The van der Waals surface area contributed by atoms with E-state index in [0.29, 0.717) is 11.4 Å². The third-order valence-electron chi connectivity index (χ3n) is 2.90. The second kappa shape index (κ2) is 5.45. The van der Waals surface area contributed by atoms with Gasteiger partial charge in [0.2, 0.25) is 0 Å². The van der Waals surface area contributed by atoms with E-state index in [1.807, 2.05) is 36.7 Å². The molecule has 0 aliphatic heterocycles. The highest BCUT2D eigenvalue weighted by molar-refractivity contribution is 6.32. The Hall–Kier alpha value is -1.81. The molecule has 2 aromatic rings. The summed E-state index contributed by atoms with van der Waals surface area (Å²) in [6.45, 7) is 3.83. The molecule has 19 heavy (non-hydrogen) atoms. The van der Waals surface area contributed by atoms with Crippen LogP contribution in [0.4, 0.5) is 0 Å². The van der Waals surface area contributed by atoms with Crippen molar-refractivity contribution >= 4 is 17.6 Å². The van der Waals surface area contributed by atoms with E-state index >= 15 is 0 Å². The molecule has 0 aliphatic carbocycles. The lowest BCUT2D eigenvalue weighted by molar-refractivity contribution is -0.136. The number of aryl methyl sites for hydroxylation is 3. The number of hydrogen-bond donors (Lipinski definition) is 1.